The molecular formula is C16H18N2O3. The molecular weight excluding hydrogens is 268 g/mol. The van der Waals surface area contributed by atoms with Gasteiger partial charge in [0.1, 0.15) is 0 Å². The maximum atomic E-state index is 11.7. The quantitative estimate of drug-likeness (QED) is 0.807. The third-order valence-corrected chi connectivity index (χ3v) is 3.30. The molecule has 0 radical (unpaired) electrons. The molecule has 1 atom stereocenters. The number of nitrogens with zero attached hydrogens (tertiary/aromatic N) is 1. The Bertz CT molecular complexity index is 556. The molecule has 1 amide bonds. The molecule has 110 valence electrons. The van der Waals surface area contributed by atoms with Gasteiger partial charge in [-0.25, -0.2) is 0 Å². The highest BCUT2D eigenvalue weighted by Gasteiger charge is 2.27. The molecule has 0 aromatic heterocycles. The van der Waals surface area contributed by atoms with Crippen molar-refractivity contribution in [1.82, 2.24) is 5.32 Å². The maximum Gasteiger partial charge on any atom is 0.306 e. The van der Waals surface area contributed by atoms with Crippen LogP contribution in [0.2, 0.25) is 0 Å². The van der Waals surface area contributed by atoms with Crippen LogP contribution in [0.25, 0.3) is 0 Å². The lowest BCUT2D eigenvalue weighted by molar-refractivity contribution is -0.154. The molecule has 21 heavy (non-hydrogen) atoms. The average molecular weight is 286 g/mol. The lowest BCUT2D eigenvalue weighted by Crippen LogP contribution is -2.37. The van der Waals surface area contributed by atoms with Crippen LogP contribution in [0.3, 0.4) is 0 Å². The predicted molar refractivity (Wildman–Crippen MR) is 76.2 cm³/mol. The Labute approximate surface area is 123 Å². The van der Waals surface area contributed by atoms with Crippen molar-refractivity contribution in [3.05, 3.63) is 35.4 Å². The summed E-state index contributed by atoms with van der Waals surface area (Å²) in [6, 6.07) is 9.36. The normalized spacial score (nSPS) is 14.9. The number of amides is 1. The van der Waals surface area contributed by atoms with Gasteiger partial charge in [0, 0.05) is 12.5 Å². The van der Waals surface area contributed by atoms with Gasteiger partial charge in [0.2, 0.25) is 0 Å². The largest absolute Gasteiger partial charge is 0.453 e. The summed E-state index contributed by atoms with van der Waals surface area (Å²) in [7, 11) is 0. The lowest BCUT2D eigenvalue weighted by Gasteiger charge is -2.13. The molecule has 1 N–H and O–H groups in total. The number of carbonyl (C=O) groups is 2. The Morgan fingerprint density at radius 1 is 1.38 bits per heavy atom. The van der Waals surface area contributed by atoms with Crippen LogP contribution in [0.1, 0.15) is 37.3 Å². The topological polar surface area (TPSA) is 79.2 Å². The van der Waals surface area contributed by atoms with E-state index in [1.54, 1.807) is 19.1 Å². The van der Waals surface area contributed by atoms with Gasteiger partial charge in [-0.15, -0.1) is 0 Å². The number of hydrogen-bond acceptors (Lipinski definition) is 4. The van der Waals surface area contributed by atoms with Crippen LogP contribution in [-0.4, -0.2) is 24.0 Å². The SMILES string of the molecule is CC(OC(=O)CCc1ccc(C#N)cc1)C(=O)NC1CC1. The van der Waals surface area contributed by atoms with Gasteiger partial charge in [-0.3, -0.25) is 9.59 Å². The minimum absolute atomic E-state index is 0.215. The van der Waals surface area contributed by atoms with Gasteiger partial charge in [-0.05, 0) is 43.9 Å². The van der Waals surface area contributed by atoms with Crippen molar-refractivity contribution in [3.63, 3.8) is 0 Å². The molecule has 1 aliphatic carbocycles. The molecule has 1 unspecified atom stereocenters. The minimum atomic E-state index is -0.751. The molecule has 0 aliphatic heterocycles. The van der Waals surface area contributed by atoms with Gasteiger partial charge in [-0.2, -0.15) is 5.26 Å². The van der Waals surface area contributed by atoms with Gasteiger partial charge in [0.25, 0.3) is 5.91 Å². The van der Waals surface area contributed by atoms with E-state index in [1.807, 2.05) is 18.2 Å². The number of benzene rings is 1. The first-order chi connectivity index (χ1) is 10.1. The molecule has 1 saturated carbocycles. The number of hydrogen-bond donors (Lipinski definition) is 1. The van der Waals surface area contributed by atoms with Crippen molar-refractivity contribution >= 4 is 11.9 Å². The van der Waals surface area contributed by atoms with E-state index in [0.29, 0.717) is 12.0 Å². The van der Waals surface area contributed by atoms with Crippen molar-refractivity contribution in [3.8, 4) is 6.07 Å². The van der Waals surface area contributed by atoms with Crippen molar-refractivity contribution in [2.45, 2.75) is 44.8 Å². The summed E-state index contributed by atoms with van der Waals surface area (Å²) in [6.07, 6.45) is 2.00. The summed E-state index contributed by atoms with van der Waals surface area (Å²) in [5, 5.41) is 11.5. The number of aryl methyl sites for hydroxylation is 1. The van der Waals surface area contributed by atoms with Crippen molar-refractivity contribution < 1.29 is 14.3 Å². The van der Waals surface area contributed by atoms with Crippen LogP contribution in [0, 0.1) is 11.3 Å². The smallest absolute Gasteiger partial charge is 0.306 e. The Hall–Kier alpha value is -2.35. The van der Waals surface area contributed by atoms with Crippen molar-refractivity contribution in [2.75, 3.05) is 0 Å². The summed E-state index contributed by atoms with van der Waals surface area (Å²) in [5.74, 6) is -0.623. The zero-order chi connectivity index (χ0) is 15.2. The molecule has 0 spiro atoms. The number of esters is 1. The standard InChI is InChI=1S/C16H18N2O3/c1-11(16(20)18-14-7-8-14)21-15(19)9-6-12-2-4-13(10-17)5-3-12/h2-5,11,14H,6-9H2,1H3,(H,18,20). The zero-order valence-corrected chi connectivity index (χ0v) is 12.0. The molecule has 2 rings (SSSR count). The molecule has 1 aliphatic rings. The third-order valence-electron chi connectivity index (χ3n) is 3.30. The fourth-order valence-corrected chi connectivity index (χ4v) is 1.85. The number of nitriles is 1. The monoisotopic (exact) mass is 286 g/mol. The molecule has 1 aromatic carbocycles. The van der Waals surface area contributed by atoms with Crippen LogP contribution in [-0.2, 0) is 20.7 Å². The summed E-state index contributed by atoms with van der Waals surface area (Å²) in [5.41, 5.74) is 1.55. The molecule has 0 saturated heterocycles. The van der Waals surface area contributed by atoms with E-state index in [-0.39, 0.29) is 18.4 Å². The van der Waals surface area contributed by atoms with E-state index in [4.69, 9.17) is 10.00 Å². The zero-order valence-electron chi connectivity index (χ0n) is 12.0. The summed E-state index contributed by atoms with van der Waals surface area (Å²) >= 11 is 0. The Morgan fingerprint density at radius 3 is 2.62 bits per heavy atom. The second-order valence-corrected chi connectivity index (χ2v) is 5.22. The Kier molecular flexibility index (Phi) is 4.94. The van der Waals surface area contributed by atoms with Crippen LogP contribution >= 0.6 is 0 Å². The number of rotatable bonds is 6. The van der Waals surface area contributed by atoms with Gasteiger partial charge < -0.3 is 10.1 Å². The first-order valence-corrected chi connectivity index (χ1v) is 7.07. The van der Waals surface area contributed by atoms with Crippen LogP contribution in [0.5, 0.6) is 0 Å². The van der Waals surface area contributed by atoms with Crippen LogP contribution in [0.15, 0.2) is 24.3 Å². The first-order valence-electron chi connectivity index (χ1n) is 7.07. The first kappa shape index (κ1) is 15.0. The number of ether oxygens (including phenoxy) is 1. The Balaban J connectivity index is 1.73. The molecule has 1 aromatic rings. The lowest BCUT2D eigenvalue weighted by atomic mass is 10.1. The Morgan fingerprint density at radius 2 is 2.05 bits per heavy atom. The van der Waals surface area contributed by atoms with E-state index in [2.05, 4.69) is 5.32 Å². The predicted octanol–water partition coefficient (Wildman–Crippen LogP) is 1.70. The molecule has 5 heteroatoms. The van der Waals surface area contributed by atoms with Crippen LogP contribution < -0.4 is 5.32 Å². The highest BCUT2D eigenvalue weighted by molar-refractivity contribution is 5.83. The maximum absolute atomic E-state index is 11.7. The van der Waals surface area contributed by atoms with Crippen LogP contribution in [0.4, 0.5) is 0 Å². The number of carbonyl (C=O) groups excluding carboxylic acids is 2. The summed E-state index contributed by atoms with van der Waals surface area (Å²) in [6.45, 7) is 1.58. The van der Waals surface area contributed by atoms with E-state index in [9.17, 15) is 9.59 Å². The highest BCUT2D eigenvalue weighted by atomic mass is 16.5. The minimum Gasteiger partial charge on any atom is -0.453 e. The number of nitrogens with one attached hydrogen (secondary N) is 1. The van der Waals surface area contributed by atoms with Crippen molar-refractivity contribution in [2.24, 2.45) is 0 Å². The summed E-state index contributed by atoms with van der Waals surface area (Å²) in [4.78, 5) is 23.4. The third kappa shape index (κ3) is 4.92. The highest BCUT2D eigenvalue weighted by Crippen LogP contribution is 2.18. The fourth-order valence-electron chi connectivity index (χ4n) is 1.85. The van der Waals surface area contributed by atoms with Crippen molar-refractivity contribution in [1.29, 1.82) is 5.26 Å². The second-order valence-electron chi connectivity index (χ2n) is 5.22. The molecule has 5 nitrogen and oxygen atoms in total. The van der Waals surface area contributed by atoms with E-state index in [0.717, 1.165) is 18.4 Å². The van der Waals surface area contributed by atoms with Gasteiger partial charge >= 0.3 is 5.97 Å². The van der Waals surface area contributed by atoms with Gasteiger partial charge in [-0.1, -0.05) is 12.1 Å². The van der Waals surface area contributed by atoms with Gasteiger partial charge in [0.05, 0.1) is 11.6 Å². The van der Waals surface area contributed by atoms with E-state index >= 15 is 0 Å². The van der Waals surface area contributed by atoms with E-state index in [1.165, 1.54) is 0 Å². The summed E-state index contributed by atoms with van der Waals surface area (Å²) < 4.78 is 5.10. The molecule has 0 heterocycles. The fraction of sp³-hybridized carbons (Fsp3) is 0.438. The molecule has 0 bridgehead atoms. The molecule has 1 fully saturated rings. The van der Waals surface area contributed by atoms with Gasteiger partial charge in [0.15, 0.2) is 6.10 Å². The second kappa shape index (κ2) is 6.89. The average Bonchev–Trinajstić information content (AvgIpc) is 3.29. The van der Waals surface area contributed by atoms with E-state index < -0.39 is 12.1 Å².